The Hall–Kier alpha value is 1.02. The first-order valence-electron chi connectivity index (χ1n) is 0.383. The van der Waals surface area contributed by atoms with Crippen LogP contribution in [0.1, 0.15) is 1.43 Å². The van der Waals surface area contributed by atoms with E-state index in [2.05, 4.69) is 0 Å². The van der Waals surface area contributed by atoms with Crippen molar-refractivity contribution in [1.82, 2.24) is 0 Å². The van der Waals surface area contributed by atoms with Gasteiger partial charge < -0.3 is 6.63 Å². The molecule has 0 aromatic heterocycles. The quantitative estimate of drug-likeness (QED) is 0.246. The van der Waals surface area contributed by atoms with Gasteiger partial charge in [0.1, 0.15) is 0 Å². The maximum absolute atomic E-state index is 8.11. The van der Waals surface area contributed by atoms with Crippen molar-refractivity contribution in [2.75, 3.05) is 0 Å². The van der Waals surface area contributed by atoms with Crippen LogP contribution in [0.5, 0.6) is 0 Å². The Bertz CT molecular complexity index is 21.0. The van der Waals surface area contributed by atoms with Crippen LogP contribution >= 0.6 is 0 Å². The van der Waals surface area contributed by atoms with Crippen LogP contribution in [0.4, 0.5) is 0 Å². The third-order valence-electron chi connectivity index (χ3n) is 0. The van der Waals surface area contributed by atoms with Gasteiger partial charge in [-0.1, -0.05) is 0 Å². The van der Waals surface area contributed by atoms with Gasteiger partial charge in [0.2, 0.25) is 0 Å². The summed E-state index contributed by atoms with van der Waals surface area (Å²) in [6.45, 7) is 0. The molecule has 0 unspecified atom stereocenters. The van der Waals surface area contributed by atoms with Gasteiger partial charge in [-0.05, 0) is 0 Å². The summed E-state index contributed by atoms with van der Waals surface area (Å²) in [6.07, 6.45) is 0. The SMILES string of the molecule is O=NO.[H-].[Na+].[Rh]. The van der Waals surface area contributed by atoms with Crippen molar-refractivity contribution in [3.05, 3.63) is 4.91 Å². The number of hydrogen-bond donors (Lipinski definition) is 1. The Balaban J connectivity index is -0.00000000667. The summed E-state index contributed by atoms with van der Waals surface area (Å²) in [5.74, 6) is 0. The summed E-state index contributed by atoms with van der Waals surface area (Å²) in [5, 5.41) is 7.89. The van der Waals surface area contributed by atoms with Gasteiger partial charge in [-0.15, -0.1) is 4.91 Å². The maximum atomic E-state index is 8.11. The fraction of sp³-hybridized carbons (Fsp3) is 0. The van der Waals surface area contributed by atoms with E-state index in [1.807, 2.05) is 0 Å². The van der Waals surface area contributed by atoms with Crippen LogP contribution in [-0.2, 0) is 19.5 Å². The van der Waals surface area contributed by atoms with Gasteiger partial charge in [0.15, 0.2) is 5.34 Å². The van der Waals surface area contributed by atoms with Crippen LogP contribution in [0.15, 0.2) is 5.34 Å². The molecular formula is H2NNaO2Rh. The summed E-state index contributed by atoms with van der Waals surface area (Å²) >= 11 is 0. The Labute approximate surface area is 65.6 Å². The fourth-order valence-electron chi connectivity index (χ4n) is 0. The molecule has 0 fully saturated rings. The second kappa shape index (κ2) is 19.9. The van der Waals surface area contributed by atoms with Crippen LogP contribution in [0, 0.1) is 4.91 Å². The van der Waals surface area contributed by atoms with Crippen LogP contribution in [0.2, 0.25) is 0 Å². The van der Waals surface area contributed by atoms with Gasteiger partial charge in [-0.3, -0.25) is 0 Å². The summed E-state index contributed by atoms with van der Waals surface area (Å²) in [5.41, 5.74) is 0. The van der Waals surface area contributed by atoms with Crippen molar-refractivity contribution in [1.29, 1.82) is 0 Å². The average Bonchev–Trinajstić information content (AvgIpc) is 0.918. The molecule has 29 valence electrons. The molecule has 0 atom stereocenters. The second-order valence-corrected chi connectivity index (χ2v) is 0.0816. The van der Waals surface area contributed by atoms with Crippen LogP contribution in [0.3, 0.4) is 0 Å². The summed E-state index contributed by atoms with van der Waals surface area (Å²) in [7, 11) is 0. The molecule has 0 aliphatic carbocycles. The largest absolute Gasteiger partial charge is 1.00 e. The molecule has 0 aromatic carbocycles. The second-order valence-electron chi connectivity index (χ2n) is 0.0816. The molecule has 0 amide bonds. The van der Waals surface area contributed by atoms with Crippen LogP contribution in [0.25, 0.3) is 0 Å². The van der Waals surface area contributed by atoms with Crippen LogP contribution < -0.4 is 29.6 Å². The van der Waals surface area contributed by atoms with E-state index in [1.54, 1.807) is 0 Å². The van der Waals surface area contributed by atoms with Gasteiger partial charge in [-0.2, -0.15) is 0 Å². The summed E-state index contributed by atoms with van der Waals surface area (Å²) < 4.78 is 0. The first kappa shape index (κ1) is 16.6. The van der Waals surface area contributed by atoms with Crippen molar-refractivity contribution < 1.29 is 55.7 Å². The van der Waals surface area contributed by atoms with Gasteiger partial charge in [-0.25, -0.2) is 0 Å². The van der Waals surface area contributed by atoms with E-state index >= 15 is 0 Å². The molecule has 0 aromatic rings. The molecule has 0 bridgehead atoms. The zero-order valence-corrected chi connectivity index (χ0v) is 6.27. The minimum atomic E-state index is 0. The van der Waals surface area contributed by atoms with Gasteiger partial charge >= 0.3 is 29.6 Å². The van der Waals surface area contributed by atoms with E-state index in [0.717, 1.165) is 0 Å². The predicted octanol–water partition coefficient (Wildman–Crippen LogP) is -2.74. The zero-order valence-electron chi connectivity index (χ0n) is 3.64. The van der Waals surface area contributed by atoms with E-state index in [9.17, 15) is 0 Å². The Kier molecular flexibility index (Phi) is 66.1. The Morgan fingerprint density at radius 1 is 1.80 bits per heavy atom. The zero-order chi connectivity index (χ0) is 2.71. The van der Waals surface area contributed by atoms with E-state index in [1.165, 1.54) is 5.34 Å². The minimum absolute atomic E-state index is 0. The Morgan fingerprint density at radius 2 is 1.80 bits per heavy atom. The number of hydrogen-bond acceptors (Lipinski definition) is 2. The molecule has 5 heavy (non-hydrogen) atoms. The van der Waals surface area contributed by atoms with Gasteiger partial charge in [0, 0.05) is 19.5 Å². The smallest absolute Gasteiger partial charge is 1.00 e. The third-order valence-corrected chi connectivity index (χ3v) is 0. The molecule has 5 heteroatoms. The molecule has 0 rings (SSSR count). The molecule has 0 saturated carbocycles. The maximum Gasteiger partial charge on any atom is 1.00 e. The van der Waals surface area contributed by atoms with Crippen molar-refractivity contribution >= 4 is 0 Å². The topological polar surface area (TPSA) is 49.7 Å². The molecule has 3 nitrogen and oxygen atoms in total. The summed E-state index contributed by atoms with van der Waals surface area (Å²) in [6, 6.07) is 0. The van der Waals surface area contributed by atoms with Crippen LogP contribution in [-0.4, -0.2) is 5.21 Å². The molecule has 0 aliphatic heterocycles. The molecule has 1 radical (unpaired) electrons. The average molecular weight is 174 g/mol. The number of nitrogens with zero attached hydrogens (tertiary/aromatic N) is 1. The first-order chi connectivity index (χ1) is 1.41. The van der Waals surface area contributed by atoms with Gasteiger partial charge in [0.25, 0.3) is 0 Å². The minimum Gasteiger partial charge on any atom is -1.00 e. The van der Waals surface area contributed by atoms with Crippen molar-refractivity contribution in [2.45, 2.75) is 0 Å². The molecular weight excluding hydrogens is 172 g/mol. The van der Waals surface area contributed by atoms with E-state index in [4.69, 9.17) is 10.1 Å². The molecule has 0 heterocycles. The van der Waals surface area contributed by atoms with Crippen molar-refractivity contribution in [2.24, 2.45) is 5.34 Å². The van der Waals surface area contributed by atoms with Gasteiger partial charge in [0.05, 0.1) is 0 Å². The molecule has 0 spiro atoms. The number of rotatable bonds is 0. The monoisotopic (exact) mass is 174 g/mol. The normalized spacial score (nSPS) is 2.40. The van der Waals surface area contributed by atoms with E-state index < -0.39 is 0 Å². The van der Waals surface area contributed by atoms with E-state index in [0.29, 0.717) is 0 Å². The molecule has 0 saturated heterocycles. The van der Waals surface area contributed by atoms with Crippen molar-refractivity contribution in [3.63, 3.8) is 0 Å². The van der Waals surface area contributed by atoms with Crippen molar-refractivity contribution in [3.8, 4) is 0 Å². The molecule has 0 aliphatic rings. The molecule has 1 N–H and O–H groups in total. The third kappa shape index (κ3) is 43.8. The fourth-order valence-corrected chi connectivity index (χ4v) is 0. The summed E-state index contributed by atoms with van der Waals surface area (Å²) in [4.78, 5) is 8.11. The standard InChI is InChI=1S/HNO2.Na.Rh.H/c2-1-3;;;/h(H,2,3);;;/q;+1;;-1. The Morgan fingerprint density at radius 3 is 1.80 bits per heavy atom. The predicted molar refractivity (Wildman–Crippen MR) is 8.69 cm³/mol. The van der Waals surface area contributed by atoms with E-state index in [-0.39, 0.29) is 50.5 Å². The first-order valence-corrected chi connectivity index (χ1v) is 0.383.